The summed E-state index contributed by atoms with van der Waals surface area (Å²) >= 11 is 0. The largest absolute Gasteiger partial charge is 0.479 e. The van der Waals surface area contributed by atoms with E-state index in [1.807, 2.05) is 6.07 Å². The lowest BCUT2D eigenvalue weighted by atomic mass is 10.3. The van der Waals surface area contributed by atoms with Crippen LogP contribution >= 0.6 is 0 Å². The van der Waals surface area contributed by atoms with Crippen molar-refractivity contribution in [2.24, 2.45) is 0 Å². The summed E-state index contributed by atoms with van der Waals surface area (Å²) in [4.78, 5) is 11.6. The molecule has 0 radical (unpaired) electrons. The number of hydrogen-bond donors (Lipinski definition) is 2. The van der Waals surface area contributed by atoms with Crippen LogP contribution in [0.5, 0.6) is 5.75 Å². The quantitative estimate of drug-likeness (QED) is 0.791. The Labute approximate surface area is 106 Å². The van der Waals surface area contributed by atoms with E-state index in [1.54, 1.807) is 24.3 Å². The van der Waals surface area contributed by atoms with E-state index in [-0.39, 0.29) is 12.5 Å². The van der Waals surface area contributed by atoms with Gasteiger partial charge in [-0.15, -0.1) is 0 Å². The van der Waals surface area contributed by atoms with Gasteiger partial charge >= 0.3 is 0 Å². The normalized spacial score (nSPS) is 13.7. The van der Waals surface area contributed by atoms with Crippen molar-refractivity contribution in [3.05, 3.63) is 24.3 Å². The van der Waals surface area contributed by atoms with E-state index in [0.717, 1.165) is 12.8 Å². The number of hydrogen-bond acceptors (Lipinski definition) is 4. The third-order valence-corrected chi connectivity index (χ3v) is 2.55. The number of nitrogens with one attached hydrogen (secondary N) is 2. The molecule has 2 N–H and O–H groups in total. The highest BCUT2D eigenvalue weighted by atomic mass is 16.5. The van der Waals surface area contributed by atoms with Crippen molar-refractivity contribution in [2.75, 3.05) is 18.5 Å². The molecule has 0 aromatic heterocycles. The van der Waals surface area contributed by atoms with Gasteiger partial charge in [0.05, 0.1) is 6.54 Å². The summed E-state index contributed by atoms with van der Waals surface area (Å²) in [5.74, 6) is 0.504. The highest BCUT2D eigenvalue weighted by Crippen LogP contribution is 2.19. The van der Waals surface area contributed by atoms with Crippen LogP contribution in [0.1, 0.15) is 12.8 Å². The molecule has 1 aromatic carbocycles. The SMILES string of the molecule is N#CCOc1cccc(NC(=O)CNC2CC2)c1. The second kappa shape index (κ2) is 6.03. The number of amides is 1. The predicted octanol–water partition coefficient (Wildman–Crippen LogP) is 1.28. The summed E-state index contributed by atoms with van der Waals surface area (Å²) < 4.78 is 5.16. The van der Waals surface area contributed by atoms with Crippen LogP contribution in [0.4, 0.5) is 5.69 Å². The molecule has 5 nitrogen and oxygen atoms in total. The molecule has 0 atom stereocenters. The van der Waals surface area contributed by atoms with Gasteiger partial charge in [0.25, 0.3) is 0 Å². The van der Waals surface area contributed by atoms with Crippen molar-refractivity contribution in [3.63, 3.8) is 0 Å². The second-order valence-corrected chi connectivity index (χ2v) is 4.18. The zero-order valence-corrected chi connectivity index (χ0v) is 9.98. The lowest BCUT2D eigenvalue weighted by Crippen LogP contribution is -2.29. The molecule has 0 heterocycles. The number of benzene rings is 1. The van der Waals surface area contributed by atoms with Gasteiger partial charge in [0.2, 0.25) is 5.91 Å². The van der Waals surface area contributed by atoms with Crippen LogP contribution in [-0.4, -0.2) is 25.1 Å². The first-order valence-electron chi connectivity index (χ1n) is 5.91. The number of carbonyl (C=O) groups excluding carboxylic acids is 1. The molecule has 1 aliphatic rings. The van der Waals surface area contributed by atoms with Crippen LogP contribution in [0.3, 0.4) is 0 Å². The topological polar surface area (TPSA) is 74.1 Å². The van der Waals surface area contributed by atoms with Crippen molar-refractivity contribution in [1.82, 2.24) is 5.32 Å². The fraction of sp³-hybridized carbons (Fsp3) is 0.385. The van der Waals surface area contributed by atoms with Crippen molar-refractivity contribution in [1.29, 1.82) is 5.26 Å². The number of carbonyl (C=O) groups is 1. The number of nitrogens with zero attached hydrogens (tertiary/aromatic N) is 1. The minimum Gasteiger partial charge on any atom is -0.479 e. The summed E-state index contributed by atoms with van der Waals surface area (Å²) in [6, 6.07) is 9.42. The molecule has 5 heteroatoms. The molecular formula is C13H15N3O2. The van der Waals surface area contributed by atoms with Crippen LogP contribution in [0, 0.1) is 11.3 Å². The van der Waals surface area contributed by atoms with Gasteiger partial charge in [-0.1, -0.05) is 6.07 Å². The molecule has 1 saturated carbocycles. The van der Waals surface area contributed by atoms with Crippen LogP contribution in [-0.2, 0) is 4.79 Å². The van der Waals surface area contributed by atoms with E-state index >= 15 is 0 Å². The summed E-state index contributed by atoms with van der Waals surface area (Å²) in [6.45, 7) is 0.328. The number of anilines is 1. The van der Waals surface area contributed by atoms with Crippen molar-refractivity contribution >= 4 is 11.6 Å². The molecular weight excluding hydrogens is 230 g/mol. The van der Waals surface area contributed by atoms with E-state index in [2.05, 4.69) is 10.6 Å². The smallest absolute Gasteiger partial charge is 0.238 e. The highest BCUT2D eigenvalue weighted by Gasteiger charge is 2.21. The molecule has 1 aliphatic carbocycles. The fourth-order valence-corrected chi connectivity index (χ4v) is 1.51. The van der Waals surface area contributed by atoms with Crippen molar-refractivity contribution in [2.45, 2.75) is 18.9 Å². The zero-order chi connectivity index (χ0) is 12.8. The Morgan fingerprint density at radius 2 is 2.33 bits per heavy atom. The lowest BCUT2D eigenvalue weighted by Gasteiger charge is -2.07. The maximum atomic E-state index is 11.6. The molecule has 94 valence electrons. The van der Waals surface area contributed by atoms with Gasteiger partial charge in [-0.2, -0.15) is 5.26 Å². The average molecular weight is 245 g/mol. The Morgan fingerprint density at radius 3 is 3.06 bits per heavy atom. The van der Waals surface area contributed by atoms with E-state index in [9.17, 15) is 4.79 Å². The fourth-order valence-electron chi connectivity index (χ4n) is 1.51. The molecule has 0 spiro atoms. The van der Waals surface area contributed by atoms with Crippen LogP contribution < -0.4 is 15.4 Å². The van der Waals surface area contributed by atoms with E-state index in [4.69, 9.17) is 10.00 Å². The minimum absolute atomic E-state index is 0.000630. The Bertz CT molecular complexity index is 464. The Morgan fingerprint density at radius 1 is 1.50 bits per heavy atom. The third-order valence-electron chi connectivity index (χ3n) is 2.55. The molecule has 0 aliphatic heterocycles. The van der Waals surface area contributed by atoms with Crippen molar-refractivity contribution < 1.29 is 9.53 Å². The molecule has 0 bridgehead atoms. The van der Waals surface area contributed by atoms with Crippen molar-refractivity contribution in [3.8, 4) is 11.8 Å². The van der Waals surface area contributed by atoms with E-state index in [1.165, 1.54) is 0 Å². The molecule has 0 saturated heterocycles. The number of nitriles is 1. The molecule has 1 amide bonds. The highest BCUT2D eigenvalue weighted by molar-refractivity contribution is 5.92. The third kappa shape index (κ3) is 4.07. The lowest BCUT2D eigenvalue weighted by molar-refractivity contribution is -0.115. The maximum Gasteiger partial charge on any atom is 0.238 e. The Hall–Kier alpha value is -2.06. The van der Waals surface area contributed by atoms with Crippen LogP contribution in [0.15, 0.2) is 24.3 Å². The average Bonchev–Trinajstić information content (AvgIpc) is 3.18. The first kappa shape index (κ1) is 12.4. The van der Waals surface area contributed by atoms with Gasteiger partial charge in [-0.25, -0.2) is 0 Å². The summed E-state index contributed by atoms with van der Waals surface area (Å²) in [5, 5.41) is 14.3. The summed E-state index contributed by atoms with van der Waals surface area (Å²) in [7, 11) is 0. The molecule has 1 aromatic rings. The van der Waals surface area contributed by atoms with Crippen LogP contribution in [0.2, 0.25) is 0 Å². The van der Waals surface area contributed by atoms with Gasteiger partial charge in [-0.3, -0.25) is 4.79 Å². The second-order valence-electron chi connectivity index (χ2n) is 4.18. The van der Waals surface area contributed by atoms with Gasteiger partial charge in [-0.05, 0) is 25.0 Å². The standard InChI is InChI=1S/C13H15N3O2/c14-6-7-18-12-3-1-2-11(8-12)16-13(17)9-15-10-4-5-10/h1-3,8,10,15H,4-5,7,9H2,(H,16,17). The molecule has 18 heavy (non-hydrogen) atoms. The molecule has 0 unspecified atom stereocenters. The molecule has 2 rings (SSSR count). The monoisotopic (exact) mass is 245 g/mol. The first-order valence-corrected chi connectivity index (χ1v) is 5.91. The Kier molecular flexibility index (Phi) is 4.15. The zero-order valence-electron chi connectivity index (χ0n) is 9.98. The maximum absolute atomic E-state index is 11.6. The summed E-state index contributed by atoms with van der Waals surface area (Å²) in [6.07, 6.45) is 2.32. The Balaban J connectivity index is 1.83. The van der Waals surface area contributed by atoms with Crippen LogP contribution in [0.25, 0.3) is 0 Å². The number of rotatable bonds is 6. The number of ether oxygens (including phenoxy) is 1. The van der Waals surface area contributed by atoms with Gasteiger partial charge < -0.3 is 15.4 Å². The van der Waals surface area contributed by atoms with E-state index in [0.29, 0.717) is 24.0 Å². The first-order chi connectivity index (χ1) is 8.78. The predicted molar refractivity (Wildman–Crippen MR) is 67.2 cm³/mol. The van der Waals surface area contributed by atoms with Gasteiger partial charge in [0, 0.05) is 17.8 Å². The van der Waals surface area contributed by atoms with E-state index < -0.39 is 0 Å². The summed E-state index contributed by atoms with van der Waals surface area (Å²) in [5.41, 5.74) is 0.674. The van der Waals surface area contributed by atoms with Gasteiger partial charge in [0.15, 0.2) is 6.61 Å². The molecule has 1 fully saturated rings. The van der Waals surface area contributed by atoms with Gasteiger partial charge in [0.1, 0.15) is 11.8 Å². The minimum atomic E-state index is -0.0701.